The van der Waals surface area contributed by atoms with E-state index in [2.05, 4.69) is 33.4 Å². The van der Waals surface area contributed by atoms with Crippen molar-refractivity contribution in [2.75, 3.05) is 11.9 Å². The number of hydrogen-bond acceptors (Lipinski definition) is 2. The van der Waals surface area contributed by atoms with E-state index in [1.165, 1.54) is 0 Å². The monoisotopic (exact) mass is 384 g/mol. The Morgan fingerprint density at radius 3 is 2.55 bits per heavy atom. The fourth-order valence-corrected chi connectivity index (χ4v) is 3.43. The van der Waals surface area contributed by atoms with E-state index in [9.17, 15) is 4.79 Å². The summed E-state index contributed by atoms with van der Waals surface area (Å²) in [7, 11) is 0. The number of amides is 2. The molecule has 0 aliphatic rings. The average Bonchev–Trinajstić information content (AvgIpc) is 3.10. The molecule has 146 valence electrons. The highest BCUT2D eigenvalue weighted by Crippen LogP contribution is 2.24. The van der Waals surface area contributed by atoms with Crippen LogP contribution >= 0.6 is 0 Å². The molecule has 4 aromatic rings. The van der Waals surface area contributed by atoms with Crippen LogP contribution in [0, 0.1) is 13.8 Å². The highest BCUT2D eigenvalue weighted by molar-refractivity contribution is 5.90. The minimum absolute atomic E-state index is 0.204. The highest BCUT2D eigenvalue weighted by atomic mass is 16.2. The molecule has 1 aromatic heterocycles. The van der Waals surface area contributed by atoms with Gasteiger partial charge in [-0.25, -0.2) is 9.78 Å². The quantitative estimate of drug-likeness (QED) is 0.500. The summed E-state index contributed by atoms with van der Waals surface area (Å²) in [6.45, 7) is 5.12. The van der Waals surface area contributed by atoms with Crippen LogP contribution in [0.1, 0.15) is 11.1 Å². The molecule has 5 heteroatoms. The van der Waals surface area contributed by atoms with E-state index in [4.69, 9.17) is 4.98 Å². The normalized spacial score (nSPS) is 10.8. The van der Waals surface area contributed by atoms with Crippen LogP contribution in [0.25, 0.3) is 22.4 Å². The maximum atomic E-state index is 12.4. The Labute approximate surface area is 170 Å². The summed E-state index contributed by atoms with van der Waals surface area (Å²) in [4.78, 5) is 17.2. The molecule has 1 heterocycles. The van der Waals surface area contributed by atoms with Gasteiger partial charge in [-0.3, -0.25) is 0 Å². The van der Waals surface area contributed by atoms with Crippen LogP contribution < -0.4 is 10.6 Å². The first-order valence-corrected chi connectivity index (χ1v) is 9.74. The van der Waals surface area contributed by atoms with Gasteiger partial charge < -0.3 is 15.2 Å². The van der Waals surface area contributed by atoms with Crippen LogP contribution in [0.15, 0.2) is 72.8 Å². The molecule has 2 N–H and O–H groups in total. The number of rotatable bonds is 5. The zero-order valence-electron chi connectivity index (χ0n) is 16.6. The Balaban J connectivity index is 1.50. The minimum atomic E-state index is -0.204. The van der Waals surface area contributed by atoms with Gasteiger partial charge in [0.05, 0.1) is 11.0 Å². The van der Waals surface area contributed by atoms with Crippen molar-refractivity contribution in [1.29, 1.82) is 0 Å². The summed E-state index contributed by atoms with van der Waals surface area (Å²) >= 11 is 0. The Bertz CT molecular complexity index is 1150. The van der Waals surface area contributed by atoms with Crippen LogP contribution in [0.2, 0.25) is 0 Å². The summed E-state index contributed by atoms with van der Waals surface area (Å²) in [6.07, 6.45) is 0. The number of benzene rings is 3. The summed E-state index contributed by atoms with van der Waals surface area (Å²) < 4.78 is 2.16. The van der Waals surface area contributed by atoms with E-state index in [0.717, 1.165) is 39.2 Å². The number of anilines is 1. The van der Waals surface area contributed by atoms with E-state index < -0.39 is 0 Å². The molecule has 0 spiro atoms. The highest BCUT2D eigenvalue weighted by Gasteiger charge is 2.12. The second-order valence-electron chi connectivity index (χ2n) is 7.14. The smallest absolute Gasteiger partial charge is 0.319 e. The second-order valence-corrected chi connectivity index (χ2v) is 7.14. The van der Waals surface area contributed by atoms with Gasteiger partial charge in [0.1, 0.15) is 5.82 Å². The number of nitrogens with one attached hydrogen (secondary N) is 2. The van der Waals surface area contributed by atoms with E-state index >= 15 is 0 Å². The van der Waals surface area contributed by atoms with E-state index in [-0.39, 0.29) is 6.03 Å². The van der Waals surface area contributed by atoms with Gasteiger partial charge >= 0.3 is 6.03 Å². The molecule has 5 nitrogen and oxygen atoms in total. The van der Waals surface area contributed by atoms with Crippen LogP contribution in [-0.2, 0) is 6.54 Å². The standard InChI is InChI=1S/C24H24N4O/c1-17-12-13-18(2)21(16-17)27-24(29)25-14-15-28-22-11-7-6-10-20(22)26-23(28)19-8-4-3-5-9-19/h3-13,16H,14-15H2,1-2H3,(H2,25,27,29). The number of aromatic nitrogens is 2. The van der Waals surface area contributed by atoms with E-state index in [0.29, 0.717) is 13.1 Å². The molecule has 0 fully saturated rings. The van der Waals surface area contributed by atoms with Gasteiger partial charge in [-0.2, -0.15) is 0 Å². The molecule has 0 saturated heterocycles. The first-order chi connectivity index (χ1) is 14.1. The molecule has 0 aliphatic carbocycles. The fraction of sp³-hybridized carbons (Fsp3) is 0.167. The molecule has 3 aromatic carbocycles. The minimum Gasteiger partial charge on any atom is -0.336 e. The molecule has 0 saturated carbocycles. The number of carbonyl (C=O) groups excluding carboxylic acids is 1. The van der Waals surface area contributed by atoms with Crippen LogP contribution in [-0.4, -0.2) is 22.1 Å². The summed E-state index contributed by atoms with van der Waals surface area (Å²) in [5.74, 6) is 0.906. The van der Waals surface area contributed by atoms with Crippen molar-refractivity contribution in [3.05, 3.63) is 83.9 Å². The van der Waals surface area contributed by atoms with Crippen LogP contribution in [0.4, 0.5) is 10.5 Å². The van der Waals surface area contributed by atoms with Crippen LogP contribution in [0.3, 0.4) is 0 Å². The number of carbonyl (C=O) groups is 1. The van der Waals surface area contributed by atoms with Crippen molar-refractivity contribution < 1.29 is 4.79 Å². The third-order valence-electron chi connectivity index (χ3n) is 4.95. The van der Waals surface area contributed by atoms with Crippen molar-refractivity contribution >= 4 is 22.8 Å². The zero-order chi connectivity index (χ0) is 20.2. The molecule has 0 atom stereocenters. The van der Waals surface area contributed by atoms with Crippen molar-refractivity contribution in [1.82, 2.24) is 14.9 Å². The van der Waals surface area contributed by atoms with Gasteiger partial charge in [-0.1, -0.05) is 54.6 Å². The van der Waals surface area contributed by atoms with Gasteiger partial charge in [-0.15, -0.1) is 0 Å². The predicted octanol–water partition coefficient (Wildman–Crippen LogP) is 5.14. The number of para-hydroxylation sites is 2. The SMILES string of the molecule is Cc1ccc(C)c(NC(=O)NCCn2c(-c3ccccc3)nc3ccccc32)c1. The average molecular weight is 384 g/mol. The van der Waals surface area contributed by atoms with Gasteiger partial charge in [0.2, 0.25) is 0 Å². The molecule has 0 aliphatic heterocycles. The molecular weight excluding hydrogens is 360 g/mol. The Morgan fingerprint density at radius 2 is 1.72 bits per heavy atom. The van der Waals surface area contributed by atoms with Crippen LogP contribution in [0.5, 0.6) is 0 Å². The molecule has 2 amide bonds. The third-order valence-corrected chi connectivity index (χ3v) is 4.95. The molecule has 29 heavy (non-hydrogen) atoms. The van der Waals surface area contributed by atoms with Gasteiger partial charge in [0.25, 0.3) is 0 Å². The van der Waals surface area contributed by atoms with E-state index in [1.807, 2.05) is 68.4 Å². The summed E-state index contributed by atoms with van der Waals surface area (Å²) in [6, 6.07) is 24.0. The molecule has 0 bridgehead atoms. The van der Waals surface area contributed by atoms with Gasteiger partial charge in [0.15, 0.2) is 0 Å². The first kappa shape index (κ1) is 18.7. The number of fused-ring (bicyclic) bond motifs is 1. The van der Waals surface area contributed by atoms with Crippen molar-refractivity contribution in [2.45, 2.75) is 20.4 Å². The van der Waals surface area contributed by atoms with Gasteiger partial charge in [0, 0.05) is 24.3 Å². The number of nitrogens with zero attached hydrogens (tertiary/aromatic N) is 2. The number of urea groups is 1. The first-order valence-electron chi connectivity index (χ1n) is 9.74. The largest absolute Gasteiger partial charge is 0.336 e. The maximum absolute atomic E-state index is 12.4. The van der Waals surface area contributed by atoms with Crippen molar-refractivity contribution in [2.24, 2.45) is 0 Å². The summed E-state index contributed by atoms with van der Waals surface area (Å²) in [5.41, 5.74) is 6.05. The Kier molecular flexibility index (Phi) is 5.29. The fourth-order valence-electron chi connectivity index (χ4n) is 3.43. The molecular formula is C24H24N4O. The zero-order valence-corrected chi connectivity index (χ0v) is 16.6. The number of imidazole rings is 1. The lowest BCUT2D eigenvalue weighted by Crippen LogP contribution is -2.31. The lowest BCUT2D eigenvalue weighted by atomic mass is 10.1. The third kappa shape index (κ3) is 4.14. The van der Waals surface area contributed by atoms with Gasteiger partial charge in [-0.05, 0) is 43.2 Å². The number of aryl methyl sites for hydroxylation is 2. The maximum Gasteiger partial charge on any atom is 0.319 e. The lowest BCUT2D eigenvalue weighted by Gasteiger charge is -2.13. The molecule has 4 rings (SSSR count). The van der Waals surface area contributed by atoms with Crippen molar-refractivity contribution in [3.8, 4) is 11.4 Å². The summed E-state index contributed by atoms with van der Waals surface area (Å²) in [5, 5.41) is 5.90. The van der Waals surface area contributed by atoms with E-state index in [1.54, 1.807) is 0 Å². The lowest BCUT2D eigenvalue weighted by molar-refractivity contribution is 0.251. The predicted molar refractivity (Wildman–Crippen MR) is 118 cm³/mol. The van der Waals surface area contributed by atoms with Crippen molar-refractivity contribution in [3.63, 3.8) is 0 Å². The Morgan fingerprint density at radius 1 is 0.966 bits per heavy atom. The number of hydrogen-bond donors (Lipinski definition) is 2. The molecule has 0 unspecified atom stereocenters. The second kappa shape index (κ2) is 8.19. The topological polar surface area (TPSA) is 59.0 Å². The molecule has 0 radical (unpaired) electrons. The Hall–Kier alpha value is -3.60.